The van der Waals surface area contributed by atoms with Crippen LogP contribution in [-0.2, 0) is 6.54 Å². The number of nitrogens with zero attached hydrogens (tertiary/aromatic N) is 1. The first-order valence-electron chi connectivity index (χ1n) is 7.55. The molecule has 1 aliphatic rings. The number of benzene rings is 1. The Balaban J connectivity index is 2.09. The molecule has 2 unspecified atom stereocenters. The van der Waals surface area contributed by atoms with Crippen LogP contribution < -0.4 is 5.32 Å². The van der Waals surface area contributed by atoms with Crippen LogP contribution >= 0.6 is 11.6 Å². The van der Waals surface area contributed by atoms with Crippen molar-refractivity contribution in [2.75, 3.05) is 13.1 Å². The fraction of sp³-hybridized carbons (Fsp3) is 0.625. The van der Waals surface area contributed by atoms with E-state index in [-0.39, 0.29) is 5.82 Å². The molecule has 4 heteroatoms. The van der Waals surface area contributed by atoms with Gasteiger partial charge < -0.3 is 5.32 Å². The van der Waals surface area contributed by atoms with Crippen LogP contribution in [0.2, 0.25) is 5.02 Å². The molecule has 0 aromatic heterocycles. The first-order valence-corrected chi connectivity index (χ1v) is 7.93. The predicted octanol–water partition coefficient (Wildman–Crippen LogP) is 3.83. The van der Waals surface area contributed by atoms with E-state index in [0.717, 1.165) is 31.6 Å². The second kappa shape index (κ2) is 7.39. The molecule has 0 saturated carbocycles. The van der Waals surface area contributed by atoms with Gasteiger partial charge in [0, 0.05) is 36.7 Å². The Hall–Kier alpha value is -0.640. The lowest BCUT2D eigenvalue weighted by Crippen LogP contribution is -2.55. The maximum atomic E-state index is 13.1. The predicted molar refractivity (Wildman–Crippen MR) is 82.6 cm³/mol. The summed E-state index contributed by atoms with van der Waals surface area (Å²) in [6, 6.07) is 5.80. The molecule has 112 valence electrons. The molecule has 0 amide bonds. The molecule has 2 rings (SSSR count). The highest BCUT2D eigenvalue weighted by Crippen LogP contribution is 2.22. The maximum Gasteiger partial charge on any atom is 0.124 e. The van der Waals surface area contributed by atoms with Crippen molar-refractivity contribution in [1.82, 2.24) is 10.2 Å². The number of hydrogen-bond acceptors (Lipinski definition) is 2. The van der Waals surface area contributed by atoms with Crippen molar-refractivity contribution in [3.05, 3.63) is 34.6 Å². The molecule has 20 heavy (non-hydrogen) atoms. The molecule has 1 saturated heterocycles. The second-order valence-electron chi connectivity index (χ2n) is 5.62. The first-order chi connectivity index (χ1) is 9.63. The molecule has 1 aromatic carbocycles. The lowest BCUT2D eigenvalue weighted by Gasteiger charge is -2.40. The number of nitrogens with one attached hydrogen (secondary N) is 1. The molecular weight excluding hydrogens is 275 g/mol. The molecule has 1 aliphatic heterocycles. The summed E-state index contributed by atoms with van der Waals surface area (Å²) in [5.41, 5.74) is 1.02. The third-order valence-electron chi connectivity index (χ3n) is 4.12. The van der Waals surface area contributed by atoms with Crippen molar-refractivity contribution < 1.29 is 4.39 Å². The van der Waals surface area contributed by atoms with Crippen molar-refractivity contribution in [3.63, 3.8) is 0 Å². The SMILES string of the molecule is CCCC1CNC(CC)CN1Cc1ccc(F)cc1Cl. The van der Waals surface area contributed by atoms with Gasteiger partial charge in [0.1, 0.15) is 5.82 Å². The van der Waals surface area contributed by atoms with E-state index in [2.05, 4.69) is 24.1 Å². The third kappa shape index (κ3) is 3.94. The highest BCUT2D eigenvalue weighted by Gasteiger charge is 2.26. The molecule has 2 atom stereocenters. The molecule has 1 heterocycles. The topological polar surface area (TPSA) is 15.3 Å². The number of rotatable bonds is 5. The zero-order valence-electron chi connectivity index (χ0n) is 12.3. The molecule has 2 nitrogen and oxygen atoms in total. The first kappa shape index (κ1) is 15.7. The van der Waals surface area contributed by atoms with E-state index < -0.39 is 0 Å². The van der Waals surface area contributed by atoms with E-state index in [1.54, 1.807) is 0 Å². The second-order valence-corrected chi connectivity index (χ2v) is 6.03. The van der Waals surface area contributed by atoms with Gasteiger partial charge in [0.05, 0.1) is 0 Å². The van der Waals surface area contributed by atoms with E-state index >= 15 is 0 Å². The molecule has 0 spiro atoms. The van der Waals surface area contributed by atoms with Gasteiger partial charge in [-0.15, -0.1) is 0 Å². The molecule has 1 N–H and O–H groups in total. The average Bonchev–Trinajstić information content (AvgIpc) is 2.44. The van der Waals surface area contributed by atoms with E-state index in [9.17, 15) is 4.39 Å². The molecule has 0 bridgehead atoms. The van der Waals surface area contributed by atoms with Crippen LogP contribution in [0.4, 0.5) is 4.39 Å². The van der Waals surface area contributed by atoms with Gasteiger partial charge in [-0.05, 0) is 30.5 Å². The maximum absolute atomic E-state index is 13.1. The fourth-order valence-corrected chi connectivity index (χ4v) is 3.11. The van der Waals surface area contributed by atoms with Crippen molar-refractivity contribution in [2.45, 2.75) is 51.7 Å². The van der Waals surface area contributed by atoms with Crippen molar-refractivity contribution in [3.8, 4) is 0 Å². The fourth-order valence-electron chi connectivity index (χ4n) is 2.88. The van der Waals surface area contributed by atoms with Crippen molar-refractivity contribution >= 4 is 11.6 Å². The Morgan fingerprint density at radius 2 is 2.20 bits per heavy atom. The van der Waals surface area contributed by atoms with Crippen LogP contribution in [0.25, 0.3) is 0 Å². The summed E-state index contributed by atoms with van der Waals surface area (Å²) < 4.78 is 13.1. The van der Waals surface area contributed by atoms with Gasteiger partial charge in [-0.25, -0.2) is 4.39 Å². The Morgan fingerprint density at radius 3 is 2.85 bits per heavy atom. The zero-order valence-corrected chi connectivity index (χ0v) is 13.1. The normalized spacial score (nSPS) is 24.0. The van der Waals surface area contributed by atoms with Gasteiger partial charge in [0.15, 0.2) is 0 Å². The minimum atomic E-state index is -0.268. The summed E-state index contributed by atoms with van der Waals surface area (Å²) in [6.45, 7) is 7.30. The molecule has 0 aliphatic carbocycles. The summed E-state index contributed by atoms with van der Waals surface area (Å²) in [6.07, 6.45) is 3.49. The van der Waals surface area contributed by atoms with Gasteiger partial charge in [0.2, 0.25) is 0 Å². The highest BCUT2D eigenvalue weighted by molar-refractivity contribution is 6.31. The number of halogens is 2. The Labute approximate surface area is 126 Å². The summed E-state index contributed by atoms with van der Waals surface area (Å²) in [5, 5.41) is 4.14. The number of hydrogen-bond donors (Lipinski definition) is 1. The van der Waals surface area contributed by atoms with Gasteiger partial charge in [-0.1, -0.05) is 37.9 Å². The molecular formula is C16H24ClFN2. The van der Waals surface area contributed by atoms with Crippen LogP contribution in [0.15, 0.2) is 18.2 Å². The smallest absolute Gasteiger partial charge is 0.124 e. The summed E-state index contributed by atoms with van der Waals surface area (Å²) in [5.74, 6) is -0.268. The quantitative estimate of drug-likeness (QED) is 0.889. The van der Waals surface area contributed by atoms with Crippen LogP contribution in [0.3, 0.4) is 0 Å². The van der Waals surface area contributed by atoms with Crippen molar-refractivity contribution in [1.29, 1.82) is 0 Å². The summed E-state index contributed by atoms with van der Waals surface area (Å²) in [4.78, 5) is 2.49. The van der Waals surface area contributed by atoms with Crippen LogP contribution in [0.1, 0.15) is 38.7 Å². The molecule has 0 radical (unpaired) electrons. The highest BCUT2D eigenvalue weighted by atomic mass is 35.5. The van der Waals surface area contributed by atoms with Crippen molar-refractivity contribution in [2.24, 2.45) is 0 Å². The van der Waals surface area contributed by atoms with Gasteiger partial charge in [0.25, 0.3) is 0 Å². The zero-order chi connectivity index (χ0) is 14.5. The lowest BCUT2D eigenvalue weighted by atomic mass is 10.0. The minimum absolute atomic E-state index is 0.268. The molecule has 1 aromatic rings. The lowest BCUT2D eigenvalue weighted by molar-refractivity contribution is 0.113. The van der Waals surface area contributed by atoms with Gasteiger partial charge in [-0.3, -0.25) is 4.90 Å². The van der Waals surface area contributed by atoms with Crippen LogP contribution in [0.5, 0.6) is 0 Å². The standard InChI is InChI=1S/C16H24ClFN2/c1-3-5-15-9-19-14(4-2)11-20(15)10-12-6-7-13(18)8-16(12)17/h6-8,14-15,19H,3-5,9-11H2,1-2H3. The van der Waals surface area contributed by atoms with E-state index in [1.807, 2.05) is 6.07 Å². The average molecular weight is 299 g/mol. The van der Waals surface area contributed by atoms with E-state index in [0.29, 0.717) is 17.1 Å². The Kier molecular flexibility index (Phi) is 5.82. The third-order valence-corrected chi connectivity index (χ3v) is 4.47. The Bertz CT molecular complexity index is 438. The van der Waals surface area contributed by atoms with Gasteiger partial charge in [-0.2, -0.15) is 0 Å². The summed E-state index contributed by atoms with van der Waals surface area (Å²) in [7, 11) is 0. The summed E-state index contributed by atoms with van der Waals surface area (Å²) >= 11 is 6.16. The monoisotopic (exact) mass is 298 g/mol. The van der Waals surface area contributed by atoms with E-state index in [4.69, 9.17) is 11.6 Å². The number of piperazine rings is 1. The van der Waals surface area contributed by atoms with E-state index in [1.165, 1.54) is 25.0 Å². The Morgan fingerprint density at radius 1 is 1.40 bits per heavy atom. The largest absolute Gasteiger partial charge is 0.311 e. The van der Waals surface area contributed by atoms with Crippen LogP contribution in [-0.4, -0.2) is 30.1 Å². The van der Waals surface area contributed by atoms with Crippen LogP contribution in [0, 0.1) is 5.82 Å². The molecule has 1 fully saturated rings. The van der Waals surface area contributed by atoms with Gasteiger partial charge >= 0.3 is 0 Å². The minimum Gasteiger partial charge on any atom is -0.311 e.